The molecular weight excluding hydrogens is 384 g/mol. The van der Waals surface area contributed by atoms with E-state index in [4.69, 9.17) is 4.74 Å². The smallest absolute Gasteiger partial charge is 0.303 e. The van der Waals surface area contributed by atoms with Crippen LogP contribution in [0.1, 0.15) is 73.1 Å². The van der Waals surface area contributed by atoms with Gasteiger partial charge in [0.2, 0.25) is 0 Å². The largest absolute Gasteiger partial charge is 0.451 e. The molecule has 0 aromatic rings. The van der Waals surface area contributed by atoms with Gasteiger partial charge in [-0.15, -0.1) is 0 Å². The number of aliphatic hydroxyl groups is 1. The fraction of sp³-hybridized carbons (Fsp3) is 0.750. The van der Waals surface area contributed by atoms with Crippen molar-refractivity contribution in [2.45, 2.75) is 84.3 Å². The lowest BCUT2D eigenvalue weighted by atomic mass is 9.43. The van der Waals surface area contributed by atoms with Gasteiger partial charge in [-0.05, 0) is 63.0 Å². The quantitative estimate of drug-likeness (QED) is 0.695. The van der Waals surface area contributed by atoms with Crippen LogP contribution in [0.15, 0.2) is 11.6 Å². The number of Topliss-reactive ketones (excluding diaryl/α,β-unsaturated/α-hetero) is 2. The first-order valence-corrected chi connectivity index (χ1v) is 11.0. The van der Waals surface area contributed by atoms with Crippen molar-refractivity contribution < 1.29 is 29.0 Å². The Morgan fingerprint density at radius 1 is 1.13 bits per heavy atom. The highest BCUT2D eigenvalue weighted by molar-refractivity contribution is 5.95. The highest BCUT2D eigenvalue weighted by Crippen LogP contribution is 2.68. The van der Waals surface area contributed by atoms with E-state index in [0.29, 0.717) is 37.7 Å². The van der Waals surface area contributed by atoms with Crippen LogP contribution >= 0.6 is 0 Å². The Bertz CT molecular complexity index is 884. The summed E-state index contributed by atoms with van der Waals surface area (Å²) in [6, 6.07) is 0. The highest BCUT2D eigenvalue weighted by atomic mass is 16.6. The van der Waals surface area contributed by atoms with Crippen molar-refractivity contribution in [2.75, 3.05) is 0 Å². The van der Waals surface area contributed by atoms with E-state index in [-0.39, 0.29) is 41.5 Å². The molecule has 4 aliphatic rings. The third-order valence-corrected chi connectivity index (χ3v) is 8.98. The second-order valence-electron chi connectivity index (χ2n) is 10.7. The summed E-state index contributed by atoms with van der Waals surface area (Å²) in [5.74, 6) is -1.12. The third-order valence-electron chi connectivity index (χ3n) is 8.98. The summed E-state index contributed by atoms with van der Waals surface area (Å²) in [5, 5.41) is 11.4. The van der Waals surface area contributed by atoms with Gasteiger partial charge in [-0.3, -0.25) is 19.2 Å². The molecule has 4 aliphatic carbocycles. The average Bonchev–Trinajstić information content (AvgIpc) is 2.88. The fourth-order valence-corrected chi connectivity index (χ4v) is 7.89. The van der Waals surface area contributed by atoms with Crippen molar-refractivity contribution in [3.8, 4) is 0 Å². The van der Waals surface area contributed by atoms with E-state index in [1.54, 1.807) is 13.0 Å². The standard InChI is InChI=1S/C24H32O6/c1-13(25)24(30-14(2)26)9-7-17-16-11-23(5,29)19-10-15(27)6-8-21(19,3)20(16)18(28)12-22(17,24)4/h10,16-17,20,29H,6-9,11-12H2,1-5H3/t16-,17-,20+,21-,22-,23+,24-/m0/s1. The molecular formula is C24H32O6. The first-order valence-electron chi connectivity index (χ1n) is 11.0. The second kappa shape index (κ2) is 6.35. The maximum Gasteiger partial charge on any atom is 0.303 e. The molecule has 4 rings (SSSR count). The van der Waals surface area contributed by atoms with Gasteiger partial charge in [-0.2, -0.15) is 0 Å². The molecule has 0 bridgehead atoms. The fourth-order valence-electron chi connectivity index (χ4n) is 7.89. The van der Waals surface area contributed by atoms with Gasteiger partial charge in [0.1, 0.15) is 5.78 Å². The summed E-state index contributed by atoms with van der Waals surface area (Å²) in [7, 11) is 0. The summed E-state index contributed by atoms with van der Waals surface area (Å²) < 4.78 is 5.70. The van der Waals surface area contributed by atoms with Gasteiger partial charge in [0.05, 0.1) is 5.60 Å². The van der Waals surface area contributed by atoms with Crippen molar-refractivity contribution >= 4 is 23.3 Å². The molecule has 3 fully saturated rings. The lowest BCUT2D eigenvalue weighted by Crippen LogP contribution is -2.64. The van der Waals surface area contributed by atoms with Crippen molar-refractivity contribution in [3.63, 3.8) is 0 Å². The highest BCUT2D eigenvalue weighted by Gasteiger charge is 2.71. The van der Waals surface area contributed by atoms with Gasteiger partial charge in [-0.1, -0.05) is 13.8 Å². The van der Waals surface area contributed by atoms with Gasteiger partial charge < -0.3 is 9.84 Å². The average molecular weight is 417 g/mol. The predicted octanol–water partition coefficient (Wildman–Crippen LogP) is 2.95. The van der Waals surface area contributed by atoms with Gasteiger partial charge in [0, 0.05) is 36.5 Å². The van der Waals surface area contributed by atoms with Gasteiger partial charge in [0.25, 0.3) is 0 Å². The molecule has 30 heavy (non-hydrogen) atoms. The summed E-state index contributed by atoms with van der Waals surface area (Å²) >= 11 is 0. The van der Waals surface area contributed by atoms with E-state index >= 15 is 0 Å². The van der Waals surface area contributed by atoms with Crippen molar-refractivity contribution in [1.82, 2.24) is 0 Å². The number of hydrogen-bond donors (Lipinski definition) is 1. The van der Waals surface area contributed by atoms with E-state index in [1.807, 2.05) is 13.8 Å². The summed E-state index contributed by atoms with van der Waals surface area (Å²) in [5.41, 5.74) is -3.16. The molecule has 0 amide bonds. The summed E-state index contributed by atoms with van der Waals surface area (Å²) in [6.45, 7) is 8.41. The first-order chi connectivity index (χ1) is 13.8. The molecule has 0 radical (unpaired) electrons. The maximum atomic E-state index is 13.7. The second-order valence-corrected chi connectivity index (χ2v) is 10.7. The van der Waals surface area contributed by atoms with Crippen molar-refractivity contribution in [3.05, 3.63) is 11.6 Å². The lowest BCUT2D eigenvalue weighted by Gasteiger charge is -2.61. The molecule has 0 spiro atoms. The number of hydrogen-bond acceptors (Lipinski definition) is 6. The van der Waals surface area contributed by atoms with Gasteiger partial charge in [-0.25, -0.2) is 0 Å². The maximum absolute atomic E-state index is 13.7. The molecule has 0 saturated heterocycles. The molecule has 1 N–H and O–H groups in total. The number of carbonyl (C=O) groups is 4. The van der Waals surface area contributed by atoms with Gasteiger partial charge in [0.15, 0.2) is 17.2 Å². The minimum absolute atomic E-state index is 0.000572. The summed E-state index contributed by atoms with van der Waals surface area (Å²) in [4.78, 5) is 50.5. The molecule has 0 aromatic carbocycles. The van der Waals surface area contributed by atoms with E-state index in [0.717, 1.165) is 0 Å². The zero-order valence-electron chi connectivity index (χ0n) is 18.5. The number of ether oxygens (including phenoxy) is 1. The Morgan fingerprint density at radius 2 is 1.80 bits per heavy atom. The molecule has 0 aliphatic heterocycles. The zero-order valence-corrected chi connectivity index (χ0v) is 18.5. The Kier molecular flexibility index (Phi) is 4.53. The van der Waals surface area contributed by atoms with Crippen LogP contribution in [0.2, 0.25) is 0 Å². The zero-order chi connectivity index (χ0) is 22.3. The minimum Gasteiger partial charge on any atom is -0.451 e. The van der Waals surface area contributed by atoms with Gasteiger partial charge >= 0.3 is 5.97 Å². The van der Waals surface area contributed by atoms with Crippen LogP contribution < -0.4 is 0 Å². The minimum atomic E-state index is -1.30. The Hall–Kier alpha value is -1.82. The first kappa shape index (κ1) is 21.4. The van der Waals surface area contributed by atoms with E-state index in [9.17, 15) is 24.3 Å². The molecule has 0 unspecified atom stereocenters. The third kappa shape index (κ3) is 2.58. The van der Waals surface area contributed by atoms with Crippen molar-refractivity contribution in [1.29, 1.82) is 0 Å². The van der Waals surface area contributed by atoms with Crippen LogP contribution in [0.4, 0.5) is 0 Å². The molecule has 0 aromatic heterocycles. The number of esters is 1. The Morgan fingerprint density at radius 3 is 2.40 bits per heavy atom. The van der Waals surface area contributed by atoms with Crippen molar-refractivity contribution in [2.24, 2.45) is 28.6 Å². The monoisotopic (exact) mass is 416 g/mol. The van der Waals surface area contributed by atoms with E-state index in [1.165, 1.54) is 13.8 Å². The number of fused-ring (bicyclic) bond motifs is 5. The van der Waals surface area contributed by atoms with E-state index in [2.05, 4.69) is 0 Å². The Labute approximate surface area is 177 Å². The normalized spacial score (nSPS) is 47.7. The number of ketones is 3. The SMILES string of the molecule is CC(=O)O[C@]1(C(C)=O)CC[C@H]2[C@@H]3C[C@@](C)(O)C4=CC(=O)CC[C@]4(C)[C@H]3C(=O)C[C@@]21C. The van der Waals surface area contributed by atoms with Crippen LogP contribution in [0, 0.1) is 28.6 Å². The van der Waals surface area contributed by atoms with Crippen LogP contribution in [0.25, 0.3) is 0 Å². The predicted molar refractivity (Wildman–Crippen MR) is 108 cm³/mol. The number of rotatable bonds is 2. The molecule has 0 heterocycles. The topological polar surface area (TPSA) is 97.7 Å². The Balaban J connectivity index is 1.83. The van der Waals surface area contributed by atoms with Crippen LogP contribution in [-0.2, 0) is 23.9 Å². The number of carbonyl (C=O) groups excluding carboxylic acids is 4. The van der Waals surface area contributed by atoms with E-state index < -0.39 is 28.0 Å². The lowest BCUT2D eigenvalue weighted by molar-refractivity contribution is -0.191. The van der Waals surface area contributed by atoms with Crippen LogP contribution in [0.3, 0.4) is 0 Å². The molecule has 6 heteroatoms. The molecule has 3 saturated carbocycles. The van der Waals surface area contributed by atoms with Crippen LogP contribution in [0.5, 0.6) is 0 Å². The summed E-state index contributed by atoms with van der Waals surface area (Å²) in [6.07, 6.45) is 4.10. The molecule has 6 nitrogen and oxygen atoms in total. The van der Waals surface area contributed by atoms with Crippen LogP contribution in [-0.4, -0.2) is 39.6 Å². The molecule has 164 valence electrons. The molecule has 7 atom stereocenters.